The average Bonchev–Trinajstić information content (AvgIpc) is 2.82. The number of piperazine rings is 1. The first-order chi connectivity index (χ1) is 15.5. The monoisotopic (exact) mass is 437 g/mol. The second-order valence-corrected chi connectivity index (χ2v) is 8.11. The molecule has 0 aromatic heterocycles. The first-order valence-corrected chi connectivity index (χ1v) is 11.5. The number of para-hydroxylation sites is 2. The lowest BCUT2D eigenvalue weighted by Crippen LogP contribution is -2.52. The Kier molecular flexibility index (Phi) is 8.36. The van der Waals surface area contributed by atoms with Crippen LogP contribution in [0.25, 0.3) is 0 Å². The van der Waals surface area contributed by atoms with E-state index in [-0.39, 0.29) is 11.9 Å². The fourth-order valence-electron chi connectivity index (χ4n) is 3.65. The summed E-state index contributed by atoms with van der Waals surface area (Å²) in [6.07, 6.45) is 0.909. The Morgan fingerprint density at radius 1 is 1.06 bits per heavy atom. The normalized spacial score (nSPS) is 15.4. The van der Waals surface area contributed by atoms with Crippen LogP contribution in [0.3, 0.4) is 0 Å². The number of nitrogens with zero attached hydrogens (tertiary/aromatic N) is 3. The predicted molar refractivity (Wildman–Crippen MR) is 130 cm³/mol. The van der Waals surface area contributed by atoms with E-state index in [4.69, 9.17) is 4.99 Å². The molecule has 1 aliphatic heterocycles. The van der Waals surface area contributed by atoms with Crippen LogP contribution in [-0.2, 0) is 6.54 Å². The van der Waals surface area contributed by atoms with E-state index in [9.17, 15) is 9.90 Å². The van der Waals surface area contributed by atoms with Crippen molar-refractivity contribution < 1.29 is 9.90 Å². The first-order valence-electron chi connectivity index (χ1n) is 11.5. The van der Waals surface area contributed by atoms with Gasteiger partial charge >= 0.3 is 0 Å². The molecule has 1 heterocycles. The molecule has 0 saturated carbocycles. The van der Waals surface area contributed by atoms with Crippen LogP contribution in [0.5, 0.6) is 5.75 Å². The van der Waals surface area contributed by atoms with Gasteiger partial charge in [-0.15, -0.1) is 0 Å². The Labute approximate surface area is 191 Å². The molecule has 2 aromatic rings. The topological polar surface area (TPSA) is 80.2 Å². The molecule has 172 valence electrons. The van der Waals surface area contributed by atoms with Crippen molar-refractivity contribution >= 4 is 17.6 Å². The third kappa shape index (κ3) is 6.15. The predicted octanol–water partition coefficient (Wildman–Crippen LogP) is 3.21. The minimum absolute atomic E-state index is 0.0370. The van der Waals surface area contributed by atoms with E-state index >= 15 is 0 Å². The lowest BCUT2D eigenvalue weighted by molar-refractivity contribution is 0.0939. The smallest absolute Gasteiger partial charge is 0.251 e. The van der Waals surface area contributed by atoms with Gasteiger partial charge in [-0.3, -0.25) is 4.79 Å². The number of hydrogen-bond acceptors (Lipinski definition) is 4. The third-order valence-corrected chi connectivity index (χ3v) is 5.75. The van der Waals surface area contributed by atoms with Crippen LogP contribution in [0.15, 0.2) is 53.5 Å². The van der Waals surface area contributed by atoms with E-state index in [1.54, 1.807) is 6.07 Å². The molecule has 3 rings (SSSR count). The van der Waals surface area contributed by atoms with Gasteiger partial charge in [0.1, 0.15) is 5.75 Å². The summed E-state index contributed by atoms with van der Waals surface area (Å²) in [4.78, 5) is 21.5. The molecule has 0 aliphatic carbocycles. The van der Waals surface area contributed by atoms with Crippen LogP contribution in [-0.4, -0.2) is 60.6 Å². The van der Waals surface area contributed by atoms with Gasteiger partial charge in [0.2, 0.25) is 0 Å². The fraction of sp³-hybridized carbons (Fsp3) is 0.440. The van der Waals surface area contributed by atoms with Gasteiger partial charge in [-0.2, -0.15) is 0 Å². The van der Waals surface area contributed by atoms with E-state index in [0.717, 1.165) is 56.4 Å². The number of guanidine groups is 1. The lowest BCUT2D eigenvalue weighted by Gasteiger charge is -2.37. The highest BCUT2D eigenvalue weighted by Crippen LogP contribution is 2.27. The number of aromatic hydroxyl groups is 1. The number of carbonyl (C=O) groups is 1. The summed E-state index contributed by atoms with van der Waals surface area (Å²) in [6, 6.07) is 15.3. The Hall–Kier alpha value is -3.22. The summed E-state index contributed by atoms with van der Waals surface area (Å²) in [6.45, 7) is 10.8. The highest BCUT2D eigenvalue weighted by atomic mass is 16.3. The van der Waals surface area contributed by atoms with E-state index < -0.39 is 0 Å². The minimum atomic E-state index is -0.0370. The fourth-order valence-corrected chi connectivity index (χ4v) is 3.65. The maximum absolute atomic E-state index is 12.3. The SMILES string of the molecule is CCNC(=NCc1ccc(C(=O)NC(C)CC)cc1)N1CCN(c2ccccc2O)CC1. The third-order valence-electron chi connectivity index (χ3n) is 5.75. The van der Waals surface area contributed by atoms with Crippen molar-refractivity contribution in [3.05, 3.63) is 59.7 Å². The highest BCUT2D eigenvalue weighted by molar-refractivity contribution is 5.94. The van der Waals surface area contributed by atoms with Crippen LogP contribution >= 0.6 is 0 Å². The van der Waals surface area contributed by atoms with Crippen LogP contribution in [0.2, 0.25) is 0 Å². The van der Waals surface area contributed by atoms with E-state index in [0.29, 0.717) is 17.9 Å². The molecule has 1 amide bonds. The summed E-state index contributed by atoms with van der Waals surface area (Å²) in [5.41, 5.74) is 2.62. The summed E-state index contributed by atoms with van der Waals surface area (Å²) in [5.74, 6) is 1.18. The van der Waals surface area contributed by atoms with Crippen molar-refractivity contribution in [1.29, 1.82) is 0 Å². The van der Waals surface area contributed by atoms with Gasteiger partial charge in [-0.25, -0.2) is 4.99 Å². The second-order valence-electron chi connectivity index (χ2n) is 8.11. The number of phenolic OH excluding ortho intramolecular Hbond substituents is 1. The van der Waals surface area contributed by atoms with Crippen LogP contribution in [0, 0.1) is 0 Å². The van der Waals surface area contributed by atoms with Gasteiger partial charge in [0.15, 0.2) is 5.96 Å². The Morgan fingerprint density at radius 2 is 1.75 bits per heavy atom. The van der Waals surface area contributed by atoms with Gasteiger partial charge in [0, 0.05) is 44.3 Å². The molecule has 1 aliphatic rings. The van der Waals surface area contributed by atoms with Crippen LogP contribution in [0.1, 0.15) is 43.1 Å². The summed E-state index contributed by atoms with van der Waals surface area (Å²) in [7, 11) is 0. The standard InChI is InChI=1S/C25H35N5O2/c1-4-19(3)28-24(32)21-12-10-20(11-13-21)18-27-25(26-5-2)30-16-14-29(15-17-30)22-8-6-7-9-23(22)31/h6-13,19,31H,4-5,14-18H2,1-3H3,(H,26,27)(H,28,32). The summed E-state index contributed by atoms with van der Waals surface area (Å²) in [5, 5.41) is 16.5. The van der Waals surface area contributed by atoms with Gasteiger partial charge < -0.3 is 25.5 Å². The lowest BCUT2D eigenvalue weighted by atomic mass is 10.1. The van der Waals surface area contributed by atoms with E-state index in [1.165, 1.54) is 0 Å². The number of amides is 1. The van der Waals surface area contributed by atoms with Crippen molar-refractivity contribution in [2.75, 3.05) is 37.6 Å². The van der Waals surface area contributed by atoms with Crippen molar-refractivity contribution in [3.8, 4) is 5.75 Å². The number of anilines is 1. The Morgan fingerprint density at radius 3 is 2.38 bits per heavy atom. The molecule has 2 aromatic carbocycles. The maximum atomic E-state index is 12.3. The van der Waals surface area contributed by atoms with Crippen LogP contribution in [0.4, 0.5) is 5.69 Å². The molecule has 1 saturated heterocycles. The number of phenols is 1. The largest absolute Gasteiger partial charge is 0.506 e. The molecule has 1 fully saturated rings. The average molecular weight is 438 g/mol. The first kappa shape index (κ1) is 23.4. The number of rotatable bonds is 7. The summed E-state index contributed by atoms with van der Waals surface area (Å²) >= 11 is 0. The van der Waals surface area contributed by atoms with E-state index in [2.05, 4.69) is 34.3 Å². The molecule has 0 spiro atoms. The zero-order valence-electron chi connectivity index (χ0n) is 19.3. The number of benzene rings is 2. The van der Waals surface area contributed by atoms with Gasteiger partial charge in [-0.05, 0) is 50.1 Å². The number of nitrogens with one attached hydrogen (secondary N) is 2. The van der Waals surface area contributed by atoms with Gasteiger partial charge in [0.25, 0.3) is 5.91 Å². The molecule has 32 heavy (non-hydrogen) atoms. The van der Waals surface area contributed by atoms with Gasteiger partial charge in [0.05, 0.1) is 12.2 Å². The quantitative estimate of drug-likeness (QED) is 0.458. The molecular weight excluding hydrogens is 402 g/mol. The zero-order valence-corrected chi connectivity index (χ0v) is 19.3. The summed E-state index contributed by atoms with van der Waals surface area (Å²) < 4.78 is 0. The highest BCUT2D eigenvalue weighted by Gasteiger charge is 2.21. The molecule has 0 bridgehead atoms. The van der Waals surface area contributed by atoms with Crippen LogP contribution < -0.4 is 15.5 Å². The molecule has 0 radical (unpaired) electrons. The van der Waals surface area contributed by atoms with Gasteiger partial charge in [-0.1, -0.05) is 31.2 Å². The molecule has 3 N–H and O–H groups in total. The zero-order chi connectivity index (χ0) is 22.9. The second kappa shape index (κ2) is 11.4. The maximum Gasteiger partial charge on any atom is 0.251 e. The molecular formula is C25H35N5O2. The van der Waals surface area contributed by atoms with E-state index in [1.807, 2.05) is 49.4 Å². The molecule has 7 heteroatoms. The minimum Gasteiger partial charge on any atom is -0.506 e. The Balaban J connectivity index is 1.59. The molecule has 1 atom stereocenters. The Bertz CT molecular complexity index is 905. The van der Waals surface area contributed by atoms with Crippen molar-refractivity contribution in [1.82, 2.24) is 15.5 Å². The van der Waals surface area contributed by atoms with Crippen molar-refractivity contribution in [3.63, 3.8) is 0 Å². The number of carbonyl (C=O) groups excluding carboxylic acids is 1. The molecule has 7 nitrogen and oxygen atoms in total. The van der Waals surface area contributed by atoms with Crippen molar-refractivity contribution in [2.45, 2.75) is 39.8 Å². The number of aliphatic imine (C=N–C) groups is 1. The molecule has 1 unspecified atom stereocenters. The van der Waals surface area contributed by atoms with Crippen molar-refractivity contribution in [2.24, 2.45) is 4.99 Å². The number of hydrogen-bond donors (Lipinski definition) is 3.